The Bertz CT molecular complexity index is 1080. The van der Waals surface area contributed by atoms with Gasteiger partial charge in [-0.1, -0.05) is 42.4 Å². The molecule has 0 bridgehead atoms. The second-order valence-corrected chi connectivity index (χ2v) is 8.27. The molecule has 0 saturated heterocycles. The lowest BCUT2D eigenvalue weighted by Crippen LogP contribution is -2.30. The number of benzene rings is 2. The first-order valence-electron chi connectivity index (χ1n) is 9.21. The molecule has 30 heavy (non-hydrogen) atoms. The number of nitrogens with zero attached hydrogens (tertiary/aromatic N) is 3. The summed E-state index contributed by atoms with van der Waals surface area (Å²) in [5.41, 5.74) is 1.15. The summed E-state index contributed by atoms with van der Waals surface area (Å²) >= 11 is 0. The molecule has 1 amide bonds. The number of ether oxygens (including phenoxy) is 1. The van der Waals surface area contributed by atoms with E-state index in [2.05, 4.69) is 15.5 Å². The summed E-state index contributed by atoms with van der Waals surface area (Å²) in [5, 5.41) is 9.89. The van der Waals surface area contributed by atoms with Crippen molar-refractivity contribution >= 4 is 21.9 Å². The Kier molecular flexibility index (Phi) is 6.93. The van der Waals surface area contributed by atoms with Crippen molar-refractivity contribution in [2.24, 2.45) is 0 Å². The maximum atomic E-state index is 13.0. The number of anilines is 1. The van der Waals surface area contributed by atoms with Gasteiger partial charge in [-0.25, -0.2) is 8.42 Å². The van der Waals surface area contributed by atoms with Crippen LogP contribution in [0.25, 0.3) is 0 Å². The zero-order valence-corrected chi connectivity index (χ0v) is 17.4. The average molecular weight is 430 g/mol. The van der Waals surface area contributed by atoms with Crippen molar-refractivity contribution in [3.63, 3.8) is 0 Å². The zero-order chi connectivity index (χ0) is 21.6. The van der Waals surface area contributed by atoms with Gasteiger partial charge in [-0.15, -0.1) is 5.10 Å². The Labute approximate surface area is 174 Å². The minimum absolute atomic E-state index is 0.0660. The second kappa shape index (κ2) is 9.61. The number of aromatic nitrogens is 2. The van der Waals surface area contributed by atoms with Crippen molar-refractivity contribution in [3.05, 3.63) is 71.6 Å². The van der Waals surface area contributed by atoms with Crippen LogP contribution in [0, 0.1) is 0 Å². The SMILES string of the molecule is CCN(Cc1ccccc1)S(=O)(=O)c1ccc(C(=O)Nc2nnc(COC)o2)cc1. The summed E-state index contributed by atoms with van der Waals surface area (Å²) in [5.74, 6) is -0.268. The lowest BCUT2D eigenvalue weighted by molar-refractivity contribution is 0.102. The molecule has 1 heterocycles. The summed E-state index contributed by atoms with van der Waals surface area (Å²) in [4.78, 5) is 12.5. The van der Waals surface area contributed by atoms with Crippen LogP contribution in [-0.2, 0) is 27.9 Å². The molecule has 0 spiro atoms. The third-order valence-corrected chi connectivity index (χ3v) is 6.20. The molecule has 158 valence electrons. The van der Waals surface area contributed by atoms with Crippen molar-refractivity contribution < 1.29 is 22.4 Å². The van der Waals surface area contributed by atoms with E-state index in [1.807, 2.05) is 30.3 Å². The van der Waals surface area contributed by atoms with Gasteiger partial charge in [-0.05, 0) is 29.8 Å². The van der Waals surface area contributed by atoms with Crippen LogP contribution in [-0.4, -0.2) is 42.5 Å². The van der Waals surface area contributed by atoms with Crippen LogP contribution in [0.1, 0.15) is 28.7 Å². The highest BCUT2D eigenvalue weighted by Gasteiger charge is 2.23. The minimum atomic E-state index is -3.71. The van der Waals surface area contributed by atoms with Gasteiger partial charge < -0.3 is 9.15 Å². The molecular formula is C20H22N4O5S. The average Bonchev–Trinajstić information content (AvgIpc) is 3.19. The molecule has 10 heteroatoms. The predicted octanol–water partition coefficient (Wildman–Crippen LogP) is 2.68. The molecular weight excluding hydrogens is 408 g/mol. The molecule has 0 fully saturated rings. The first kappa shape index (κ1) is 21.6. The van der Waals surface area contributed by atoms with Gasteiger partial charge in [-0.2, -0.15) is 4.31 Å². The lowest BCUT2D eigenvalue weighted by atomic mass is 10.2. The van der Waals surface area contributed by atoms with E-state index in [1.165, 1.54) is 35.7 Å². The van der Waals surface area contributed by atoms with E-state index >= 15 is 0 Å². The van der Waals surface area contributed by atoms with Crippen molar-refractivity contribution in [1.82, 2.24) is 14.5 Å². The number of carbonyl (C=O) groups is 1. The van der Waals surface area contributed by atoms with Crippen LogP contribution in [0.5, 0.6) is 0 Å². The minimum Gasteiger partial charge on any atom is -0.405 e. The largest absolute Gasteiger partial charge is 0.405 e. The van der Waals surface area contributed by atoms with Crippen molar-refractivity contribution in [1.29, 1.82) is 0 Å². The van der Waals surface area contributed by atoms with Crippen LogP contribution in [0.4, 0.5) is 6.01 Å². The Hall–Kier alpha value is -3.08. The van der Waals surface area contributed by atoms with Crippen LogP contribution >= 0.6 is 0 Å². The van der Waals surface area contributed by atoms with E-state index in [9.17, 15) is 13.2 Å². The maximum Gasteiger partial charge on any atom is 0.322 e. The molecule has 0 saturated carbocycles. The smallest absolute Gasteiger partial charge is 0.322 e. The highest BCUT2D eigenvalue weighted by Crippen LogP contribution is 2.19. The van der Waals surface area contributed by atoms with Gasteiger partial charge in [0.25, 0.3) is 5.91 Å². The number of amides is 1. The highest BCUT2D eigenvalue weighted by molar-refractivity contribution is 7.89. The quantitative estimate of drug-likeness (QED) is 0.555. The van der Waals surface area contributed by atoms with E-state index in [4.69, 9.17) is 9.15 Å². The maximum absolute atomic E-state index is 13.0. The molecule has 0 unspecified atom stereocenters. The third kappa shape index (κ3) is 5.09. The van der Waals surface area contributed by atoms with E-state index < -0.39 is 15.9 Å². The molecule has 0 aliphatic carbocycles. The predicted molar refractivity (Wildman–Crippen MR) is 109 cm³/mol. The fourth-order valence-corrected chi connectivity index (χ4v) is 4.17. The monoisotopic (exact) mass is 430 g/mol. The summed E-state index contributed by atoms with van der Waals surface area (Å²) in [7, 11) is -2.22. The number of methoxy groups -OCH3 is 1. The van der Waals surface area contributed by atoms with E-state index in [0.717, 1.165) is 5.56 Å². The number of nitrogens with one attached hydrogen (secondary N) is 1. The van der Waals surface area contributed by atoms with E-state index in [-0.39, 0.29) is 35.5 Å². The number of sulfonamides is 1. The molecule has 0 radical (unpaired) electrons. The van der Waals surface area contributed by atoms with Crippen molar-refractivity contribution in [2.75, 3.05) is 19.0 Å². The topological polar surface area (TPSA) is 115 Å². The Morgan fingerprint density at radius 1 is 1.10 bits per heavy atom. The molecule has 0 aliphatic heterocycles. The van der Waals surface area contributed by atoms with Gasteiger partial charge >= 0.3 is 6.01 Å². The summed E-state index contributed by atoms with van der Waals surface area (Å²) in [6.07, 6.45) is 0. The van der Waals surface area contributed by atoms with Crippen molar-refractivity contribution in [3.8, 4) is 0 Å². The second-order valence-electron chi connectivity index (χ2n) is 6.33. The molecule has 3 aromatic rings. The molecule has 0 atom stereocenters. The highest BCUT2D eigenvalue weighted by atomic mass is 32.2. The fraction of sp³-hybridized carbons (Fsp3) is 0.250. The normalized spacial score (nSPS) is 11.6. The Morgan fingerprint density at radius 2 is 1.80 bits per heavy atom. The molecule has 9 nitrogen and oxygen atoms in total. The molecule has 0 aliphatic rings. The zero-order valence-electron chi connectivity index (χ0n) is 16.6. The van der Waals surface area contributed by atoms with Crippen molar-refractivity contribution in [2.45, 2.75) is 25.0 Å². The summed E-state index contributed by atoms with van der Waals surface area (Å²) < 4.78 is 37.4. The van der Waals surface area contributed by atoms with Gasteiger partial charge in [0.15, 0.2) is 0 Å². The van der Waals surface area contributed by atoms with Crippen LogP contribution in [0.3, 0.4) is 0 Å². The molecule has 1 N–H and O–H groups in total. The Morgan fingerprint density at radius 3 is 2.43 bits per heavy atom. The van der Waals surface area contributed by atoms with E-state index in [1.54, 1.807) is 6.92 Å². The number of carbonyl (C=O) groups excluding carboxylic acids is 1. The lowest BCUT2D eigenvalue weighted by Gasteiger charge is -2.20. The molecule has 1 aromatic heterocycles. The van der Waals surface area contributed by atoms with Crippen LogP contribution < -0.4 is 5.32 Å². The van der Waals surface area contributed by atoms with Crippen LogP contribution in [0.15, 0.2) is 63.9 Å². The van der Waals surface area contributed by atoms with Gasteiger partial charge in [0.05, 0.1) is 4.90 Å². The van der Waals surface area contributed by atoms with E-state index in [0.29, 0.717) is 6.54 Å². The van der Waals surface area contributed by atoms with Gasteiger partial charge in [0.2, 0.25) is 15.9 Å². The standard InChI is InChI=1S/C20H22N4O5S/c1-3-24(13-15-7-5-4-6-8-15)30(26,27)17-11-9-16(10-12-17)19(25)21-20-23-22-18(29-20)14-28-2/h4-12H,3,13-14H2,1-2H3,(H,21,23,25). The fourth-order valence-electron chi connectivity index (χ4n) is 2.74. The van der Waals surface area contributed by atoms with Crippen LogP contribution in [0.2, 0.25) is 0 Å². The molecule has 3 rings (SSSR count). The van der Waals surface area contributed by atoms with Gasteiger partial charge in [-0.3, -0.25) is 10.1 Å². The van der Waals surface area contributed by atoms with Gasteiger partial charge in [0.1, 0.15) is 6.61 Å². The first-order valence-corrected chi connectivity index (χ1v) is 10.6. The number of hydrogen-bond donors (Lipinski definition) is 1. The van der Waals surface area contributed by atoms with Gasteiger partial charge in [0, 0.05) is 25.8 Å². The third-order valence-electron chi connectivity index (χ3n) is 4.26. The summed E-state index contributed by atoms with van der Waals surface area (Å²) in [6.45, 7) is 2.50. The number of hydrogen-bond acceptors (Lipinski definition) is 7. The Balaban J connectivity index is 1.71. The molecule has 2 aromatic carbocycles. The summed E-state index contributed by atoms with van der Waals surface area (Å²) in [6, 6.07) is 15.0. The number of rotatable bonds is 9. The first-order chi connectivity index (χ1) is 14.4.